The molecule has 0 aliphatic heterocycles. The Morgan fingerprint density at radius 2 is 0.879 bits per heavy atom. The molecule has 3 heterocycles. The predicted octanol–water partition coefficient (Wildman–Crippen LogP) is 14.9. The molecule has 9 aromatic carbocycles. The fourth-order valence-corrected chi connectivity index (χ4v) is 10.3. The molecule has 3 nitrogen and oxygen atoms in total. The van der Waals surface area contributed by atoms with Gasteiger partial charge in [0.25, 0.3) is 0 Å². The highest BCUT2D eigenvalue weighted by atomic mass is 16.3. The SMILES string of the molecule is CC1(C)c2ccccc2-c2cc3c4cc(-c5ccc6c(c5)c5cc7c(cc5n6-c5ccccc5)oc5cc6ccccc6cc57)ccc4n(-c4ccccc4)c3cc21. The molecule has 0 atom stereocenters. The van der Waals surface area contributed by atoms with Crippen molar-refractivity contribution in [1.82, 2.24) is 9.13 Å². The summed E-state index contributed by atoms with van der Waals surface area (Å²) in [5.41, 5.74) is 16.6. The van der Waals surface area contributed by atoms with E-state index in [1.165, 1.54) is 87.9 Å². The van der Waals surface area contributed by atoms with Crippen molar-refractivity contribution in [3.63, 3.8) is 0 Å². The maximum absolute atomic E-state index is 6.60. The van der Waals surface area contributed by atoms with Gasteiger partial charge in [-0.15, -0.1) is 0 Å². The Kier molecular flexibility index (Phi) is 6.23. The van der Waals surface area contributed by atoms with E-state index in [4.69, 9.17) is 4.42 Å². The summed E-state index contributed by atoms with van der Waals surface area (Å²) in [5, 5.41) is 9.64. The number of para-hydroxylation sites is 2. The van der Waals surface area contributed by atoms with E-state index in [1.807, 2.05) is 0 Å². The highest BCUT2D eigenvalue weighted by molar-refractivity contribution is 6.19. The first kappa shape index (κ1) is 31.8. The minimum absolute atomic E-state index is 0.0836. The Balaban J connectivity index is 1.07. The number of fused-ring (bicyclic) bond motifs is 13. The van der Waals surface area contributed by atoms with Crippen LogP contribution in [0.25, 0.3) is 110 Å². The van der Waals surface area contributed by atoms with Crippen LogP contribution in [0.15, 0.2) is 186 Å². The monoisotopic (exact) mass is 740 g/mol. The zero-order valence-electron chi connectivity index (χ0n) is 32.1. The van der Waals surface area contributed by atoms with Gasteiger partial charge in [-0.3, -0.25) is 0 Å². The summed E-state index contributed by atoms with van der Waals surface area (Å²) in [5.74, 6) is 0. The van der Waals surface area contributed by atoms with Gasteiger partial charge in [-0.2, -0.15) is 0 Å². The summed E-state index contributed by atoms with van der Waals surface area (Å²) < 4.78 is 11.4. The number of aromatic nitrogens is 2. The maximum atomic E-state index is 6.60. The van der Waals surface area contributed by atoms with Crippen LogP contribution in [0.3, 0.4) is 0 Å². The van der Waals surface area contributed by atoms with Gasteiger partial charge in [0.2, 0.25) is 0 Å². The van der Waals surface area contributed by atoms with Gasteiger partial charge < -0.3 is 13.6 Å². The third-order valence-corrected chi connectivity index (χ3v) is 13.1. The summed E-state index contributed by atoms with van der Waals surface area (Å²) in [6.45, 7) is 4.73. The number of furan rings is 1. The van der Waals surface area contributed by atoms with Crippen LogP contribution in [0.5, 0.6) is 0 Å². The van der Waals surface area contributed by atoms with E-state index >= 15 is 0 Å². The maximum Gasteiger partial charge on any atom is 0.137 e. The van der Waals surface area contributed by atoms with Crippen molar-refractivity contribution in [2.24, 2.45) is 0 Å². The van der Waals surface area contributed by atoms with E-state index in [1.54, 1.807) is 0 Å². The molecular formula is C55H36N2O. The van der Waals surface area contributed by atoms with Crippen molar-refractivity contribution in [3.05, 3.63) is 193 Å². The standard InChI is InChI=1S/C55H36N2O/c1-55(2)47-20-12-11-19-39(47)40-29-43-41-25-35(21-23-49(41)56(51(43)31-48(40)55)37-15-5-3-6-16-37)36-22-24-50-42(26-36)44-30-46-45-27-33-13-9-10-14-34(33)28-53(45)58-54(46)32-52(44)57(50)38-17-7-4-8-18-38/h3-32H,1-2H3. The van der Waals surface area contributed by atoms with E-state index in [0.29, 0.717) is 0 Å². The fourth-order valence-electron chi connectivity index (χ4n) is 10.3. The Morgan fingerprint density at radius 1 is 0.362 bits per heavy atom. The minimum Gasteiger partial charge on any atom is -0.456 e. The summed E-state index contributed by atoms with van der Waals surface area (Å²) in [6, 6.07) is 67.0. The molecule has 1 aliphatic carbocycles. The van der Waals surface area contributed by atoms with Gasteiger partial charge in [-0.25, -0.2) is 0 Å². The summed E-state index contributed by atoms with van der Waals surface area (Å²) in [6.07, 6.45) is 0. The molecule has 0 fully saturated rings. The topological polar surface area (TPSA) is 23.0 Å². The average molecular weight is 741 g/mol. The Labute approximate surface area is 334 Å². The van der Waals surface area contributed by atoms with Gasteiger partial charge in [0.15, 0.2) is 0 Å². The summed E-state index contributed by atoms with van der Waals surface area (Å²) in [7, 11) is 0. The lowest BCUT2D eigenvalue weighted by atomic mass is 9.82. The van der Waals surface area contributed by atoms with Gasteiger partial charge >= 0.3 is 0 Å². The quantitative estimate of drug-likeness (QED) is 0.177. The number of nitrogens with zero attached hydrogens (tertiary/aromatic N) is 2. The Hall–Kier alpha value is -7.36. The van der Waals surface area contributed by atoms with Crippen molar-refractivity contribution < 1.29 is 4.42 Å². The number of rotatable bonds is 3. The molecule has 13 rings (SSSR count). The van der Waals surface area contributed by atoms with Crippen LogP contribution in [0.2, 0.25) is 0 Å². The van der Waals surface area contributed by atoms with Crippen molar-refractivity contribution in [3.8, 4) is 33.6 Å². The van der Waals surface area contributed by atoms with E-state index in [2.05, 4.69) is 205 Å². The van der Waals surface area contributed by atoms with Crippen molar-refractivity contribution >= 4 is 76.3 Å². The average Bonchev–Trinajstić information content (AvgIpc) is 3.95. The first-order chi connectivity index (χ1) is 28.5. The van der Waals surface area contributed by atoms with Crippen LogP contribution >= 0.6 is 0 Å². The van der Waals surface area contributed by atoms with E-state index in [-0.39, 0.29) is 5.41 Å². The smallest absolute Gasteiger partial charge is 0.137 e. The minimum atomic E-state index is -0.0836. The largest absolute Gasteiger partial charge is 0.456 e. The Morgan fingerprint density at radius 3 is 1.55 bits per heavy atom. The third-order valence-electron chi connectivity index (χ3n) is 13.1. The van der Waals surface area contributed by atoms with Gasteiger partial charge in [0, 0.05) is 55.2 Å². The number of benzene rings is 9. The van der Waals surface area contributed by atoms with E-state index in [9.17, 15) is 0 Å². The molecule has 0 spiro atoms. The first-order valence-corrected chi connectivity index (χ1v) is 20.2. The molecule has 58 heavy (non-hydrogen) atoms. The van der Waals surface area contributed by atoms with Gasteiger partial charge in [-0.05, 0) is 123 Å². The molecule has 1 aliphatic rings. The highest BCUT2D eigenvalue weighted by Gasteiger charge is 2.36. The second-order valence-corrected chi connectivity index (χ2v) is 16.6. The van der Waals surface area contributed by atoms with Crippen LogP contribution in [0.4, 0.5) is 0 Å². The first-order valence-electron chi connectivity index (χ1n) is 20.2. The van der Waals surface area contributed by atoms with E-state index in [0.717, 1.165) is 33.1 Å². The van der Waals surface area contributed by atoms with Crippen LogP contribution in [-0.4, -0.2) is 9.13 Å². The molecule has 0 N–H and O–H groups in total. The zero-order chi connectivity index (χ0) is 38.3. The molecule has 3 heteroatoms. The molecular weight excluding hydrogens is 705 g/mol. The molecule has 0 saturated carbocycles. The lowest BCUT2D eigenvalue weighted by Gasteiger charge is -2.21. The predicted molar refractivity (Wildman–Crippen MR) is 243 cm³/mol. The number of hydrogen-bond acceptors (Lipinski definition) is 1. The molecule has 3 aromatic heterocycles. The second kappa shape index (κ2) is 11.4. The third kappa shape index (κ3) is 4.28. The van der Waals surface area contributed by atoms with Crippen molar-refractivity contribution in [1.29, 1.82) is 0 Å². The molecule has 0 bridgehead atoms. The van der Waals surface area contributed by atoms with Crippen molar-refractivity contribution in [2.75, 3.05) is 0 Å². The van der Waals surface area contributed by atoms with Crippen LogP contribution in [-0.2, 0) is 5.41 Å². The van der Waals surface area contributed by atoms with Gasteiger partial charge in [-0.1, -0.05) is 111 Å². The molecule has 0 radical (unpaired) electrons. The second-order valence-electron chi connectivity index (χ2n) is 16.6. The number of hydrogen-bond donors (Lipinski definition) is 0. The molecule has 12 aromatic rings. The Bertz CT molecular complexity index is 3690. The van der Waals surface area contributed by atoms with Gasteiger partial charge in [0.05, 0.1) is 22.1 Å². The molecule has 272 valence electrons. The molecule has 0 amide bonds. The molecule has 0 saturated heterocycles. The summed E-state index contributed by atoms with van der Waals surface area (Å²) in [4.78, 5) is 0. The lowest BCUT2D eigenvalue weighted by Crippen LogP contribution is -2.14. The van der Waals surface area contributed by atoms with Crippen LogP contribution in [0, 0.1) is 0 Å². The highest BCUT2D eigenvalue weighted by Crippen LogP contribution is 2.51. The summed E-state index contributed by atoms with van der Waals surface area (Å²) >= 11 is 0. The van der Waals surface area contributed by atoms with Crippen LogP contribution in [0.1, 0.15) is 25.0 Å². The molecule has 0 unspecified atom stereocenters. The van der Waals surface area contributed by atoms with Gasteiger partial charge in [0.1, 0.15) is 11.2 Å². The zero-order valence-corrected chi connectivity index (χ0v) is 32.1. The van der Waals surface area contributed by atoms with E-state index < -0.39 is 0 Å². The van der Waals surface area contributed by atoms with Crippen molar-refractivity contribution in [2.45, 2.75) is 19.3 Å². The fraction of sp³-hybridized carbons (Fsp3) is 0.0545. The normalized spacial score (nSPS) is 13.5. The van der Waals surface area contributed by atoms with Crippen LogP contribution < -0.4 is 0 Å². The lowest BCUT2D eigenvalue weighted by molar-refractivity contribution is 0.661.